The predicted molar refractivity (Wildman–Crippen MR) is 229 cm³/mol. The molecule has 0 radical (unpaired) electrons. The molecule has 1 aliphatic heterocycles. The van der Waals surface area contributed by atoms with E-state index in [2.05, 4.69) is 183 Å². The van der Waals surface area contributed by atoms with Crippen molar-refractivity contribution < 1.29 is 20.0 Å². The summed E-state index contributed by atoms with van der Waals surface area (Å²) in [6.45, 7) is 17.5. The van der Waals surface area contributed by atoms with E-state index in [9.17, 15) is 0 Å². The molecule has 0 amide bonds. The van der Waals surface area contributed by atoms with Crippen LogP contribution < -0.4 is 10.4 Å². The average molecular weight is 882 g/mol. The summed E-state index contributed by atoms with van der Waals surface area (Å²) in [6.07, 6.45) is 6.67. The van der Waals surface area contributed by atoms with E-state index in [1.807, 2.05) is 10.4 Å². The molecule has 1 fully saturated rings. The third-order valence-electron chi connectivity index (χ3n) is 12.8. The number of hydrogen-bond acceptors (Lipinski definition) is 0. The molecule has 258 valence electrons. The van der Waals surface area contributed by atoms with Crippen LogP contribution in [0.4, 0.5) is 0 Å². The van der Waals surface area contributed by atoms with Gasteiger partial charge in [0.1, 0.15) is 0 Å². The molecular weight excluding hydrogens is 827 g/mol. The van der Waals surface area contributed by atoms with Crippen LogP contribution >= 0.6 is 0 Å². The van der Waals surface area contributed by atoms with Gasteiger partial charge in [-0.15, -0.1) is 0 Å². The van der Waals surface area contributed by atoms with Gasteiger partial charge in [0.05, 0.1) is 0 Å². The Morgan fingerprint density at radius 1 is 0.529 bits per heavy atom. The second kappa shape index (κ2) is 12.6. The summed E-state index contributed by atoms with van der Waals surface area (Å²) in [6, 6.07) is 46.5. The van der Waals surface area contributed by atoms with Crippen molar-refractivity contribution in [1.82, 2.24) is 0 Å². The second-order valence-electron chi connectivity index (χ2n) is 18.5. The van der Waals surface area contributed by atoms with Crippen LogP contribution in [0.1, 0.15) is 35.2 Å². The fourth-order valence-corrected chi connectivity index (χ4v) is 44.5. The van der Waals surface area contributed by atoms with Gasteiger partial charge in [0.15, 0.2) is 0 Å². The van der Waals surface area contributed by atoms with Crippen molar-refractivity contribution >= 4 is 46.7 Å². The first-order valence-corrected chi connectivity index (χ1v) is 40.2. The molecule has 4 heteroatoms. The first kappa shape index (κ1) is 35.1. The van der Waals surface area contributed by atoms with E-state index in [0.717, 1.165) is 6.42 Å². The van der Waals surface area contributed by atoms with Gasteiger partial charge in [-0.05, 0) is 0 Å². The topological polar surface area (TPSA) is 0 Å². The molecule has 1 heterocycles. The molecule has 5 aromatic rings. The molecule has 0 aromatic heterocycles. The summed E-state index contributed by atoms with van der Waals surface area (Å²) in [5.41, 5.74) is 13.4. The van der Waals surface area contributed by atoms with E-state index < -0.39 is 44.2 Å². The molecule has 1 saturated heterocycles. The van der Waals surface area contributed by atoms with Crippen LogP contribution in [0.3, 0.4) is 0 Å². The minimum absolute atomic E-state index is 0.633. The van der Waals surface area contributed by atoms with Gasteiger partial charge in [0, 0.05) is 0 Å². The van der Waals surface area contributed by atoms with Crippen molar-refractivity contribution in [3.05, 3.63) is 153 Å². The molecule has 0 bridgehead atoms. The van der Waals surface area contributed by atoms with E-state index in [0.29, 0.717) is 7.35 Å². The van der Waals surface area contributed by atoms with Crippen molar-refractivity contribution in [2.24, 2.45) is 0 Å². The summed E-state index contributed by atoms with van der Waals surface area (Å²) >= 11 is -3.15. The molecule has 51 heavy (non-hydrogen) atoms. The molecule has 2 atom stereocenters. The zero-order valence-electron chi connectivity index (χ0n) is 32.2. The van der Waals surface area contributed by atoms with Crippen LogP contribution in [0.2, 0.25) is 61.2 Å². The number of rotatable bonds is 7. The van der Waals surface area contributed by atoms with Crippen molar-refractivity contribution in [3.8, 4) is 22.3 Å². The first-order chi connectivity index (χ1) is 24.2. The predicted octanol–water partition coefficient (Wildman–Crippen LogP) is 12.4. The number of allylic oxidation sites excluding steroid dienone is 2. The van der Waals surface area contributed by atoms with Gasteiger partial charge in [-0.3, -0.25) is 0 Å². The van der Waals surface area contributed by atoms with Crippen molar-refractivity contribution in [2.75, 3.05) is 0 Å². The van der Waals surface area contributed by atoms with Crippen LogP contribution in [0.5, 0.6) is 0 Å². The van der Waals surface area contributed by atoms with Gasteiger partial charge in [-0.1, -0.05) is 0 Å². The first-order valence-electron chi connectivity index (χ1n) is 19.1. The number of fused-ring (bicyclic) bond motifs is 6. The van der Waals surface area contributed by atoms with Gasteiger partial charge in [-0.2, -0.15) is 0 Å². The molecule has 8 rings (SSSR count). The van der Waals surface area contributed by atoms with Crippen LogP contribution in [-0.2, 0) is 26.4 Å². The Bertz CT molecular complexity index is 2060. The summed E-state index contributed by atoms with van der Waals surface area (Å²) < 4.78 is 6.89. The van der Waals surface area contributed by atoms with E-state index in [1.54, 1.807) is 11.1 Å². The maximum absolute atomic E-state index is 3.15. The van der Waals surface area contributed by atoms with E-state index >= 15 is 0 Å². The normalized spacial score (nSPS) is 21.7. The summed E-state index contributed by atoms with van der Waals surface area (Å²) in [7, 11) is -4.81. The standard InChI is InChI=1S/C45H48Si3.2CH3.Hf/c1-46(2,3)38-23-19-34(20-24-38)42-17-11-15-36-29-40(31-44(36)42)48(7,28-27-33-13-9-8-10-14-33)41-30-37-16-12-18-43(45(37)32-41)35-21-25-39(26-22-35)47(4,5)6;;;/h8-26,29-32H,27-28H2,1-7H3;2*1H3;. The molecule has 2 unspecified atom stereocenters. The third kappa shape index (κ3) is 5.93. The Balaban J connectivity index is 1.29. The Labute approximate surface area is 315 Å². The number of benzene rings is 5. The van der Waals surface area contributed by atoms with E-state index in [1.165, 1.54) is 55.4 Å². The van der Waals surface area contributed by atoms with Crippen LogP contribution in [-0.4, -0.2) is 24.2 Å². The van der Waals surface area contributed by atoms with Gasteiger partial charge >= 0.3 is 317 Å². The van der Waals surface area contributed by atoms with E-state index in [-0.39, 0.29) is 0 Å². The number of hydrogen-bond donors (Lipinski definition) is 0. The number of aryl methyl sites for hydroxylation is 1. The fourth-order valence-electron chi connectivity index (χ4n) is 9.83. The minimum atomic E-state index is -3.15. The third-order valence-corrected chi connectivity index (χ3v) is 38.8. The van der Waals surface area contributed by atoms with Crippen LogP contribution in [0, 0.1) is 0 Å². The molecule has 0 saturated carbocycles. The summed E-state index contributed by atoms with van der Waals surface area (Å²) in [4.78, 5) is 0. The fraction of sp³-hybridized carbons (Fsp3) is 0.277. The summed E-state index contributed by atoms with van der Waals surface area (Å²) in [5, 5.41) is 6.77. The van der Waals surface area contributed by atoms with Gasteiger partial charge in [0.25, 0.3) is 0 Å². The molecular formula is C47H54HfSi3. The zero-order valence-corrected chi connectivity index (χ0v) is 38.8. The van der Waals surface area contributed by atoms with Gasteiger partial charge < -0.3 is 0 Å². The Hall–Kier alpha value is -2.90. The molecule has 2 aliphatic carbocycles. The van der Waals surface area contributed by atoms with Crippen LogP contribution in [0.15, 0.2) is 126 Å². The quantitative estimate of drug-likeness (QED) is 0.143. The Morgan fingerprint density at radius 3 is 1.37 bits per heavy atom. The average Bonchev–Trinajstić information content (AvgIpc) is 3.72. The molecule has 0 spiro atoms. The maximum atomic E-state index is 2.81. The second-order valence-corrected chi connectivity index (χ2v) is 50.2. The SMILES string of the molecule is C[Si]1(CCc2ccccc2)C2=Cc3c(-c4ccc([Si](C)(C)C)cc4)cccc3[CH]2[Hf]([CH3])([CH3])[CH]2C1=Cc1c(-c3ccc([Si](C)(C)C)cc3)cccc12. The molecule has 0 nitrogen and oxygen atoms in total. The van der Waals surface area contributed by atoms with E-state index in [4.69, 9.17) is 0 Å². The Kier molecular flexibility index (Phi) is 8.69. The molecule has 0 N–H and O–H groups in total. The summed E-state index contributed by atoms with van der Waals surface area (Å²) in [5.74, 6) is 0. The van der Waals surface area contributed by atoms with Gasteiger partial charge in [-0.25, -0.2) is 0 Å². The Morgan fingerprint density at radius 2 is 0.961 bits per heavy atom. The van der Waals surface area contributed by atoms with Crippen LogP contribution in [0.25, 0.3) is 34.4 Å². The van der Waals surface area contributed by atoms with Crippen molar-refractivity contribution in [2.45, 2.75) is 75.0 Å². The molecule has 5 aromatic carbocycles. The van der Waals surface area contributed by atoms with Gasteiger partial charge in [0.2, 0.25) is 0 Å². The van der Waals surface area contributed by atoms with Crippen molar-refractivity contribution in [1.29, 1.82) is 0 Å². The zero-order chi connectivity index (χ0) is 35.9. The molecule has 3 aliphatic rings. The monoisotopic (exact) mass is 882 g/mol. The van der Waals surface area contributed by atoms with Crippen molar-refractivity contribution in [3.63, 3.8) is 0 Å².